The number of para-hydroxylation sites is 1. The van der Waals surface area contributed by atoms with E-state index in [0.717, 1.165) is 42.1 Å². The van der Waals surface area contributed by atoms with E-state index in [2.05, 4.69) is 24.5 Å². The Balaban J connectivity index is 1.67. The second-order valence-electron chi connectivity index (χ2n) is 6.66. The molecule has 0 aromatic heterocycles. The quantitative estimate of drug-likeness (QED) is 0.877. The van der Waals surface area contributed by atoms with Crippen LogP contribution in [-0.2, 0) is 0 Å². The number of rotatable bonds is 2. The van der Waals surface area contributed by atoms with Crippen LogP contribution in [0.1, 0.15) is 44.7 Å². The van der Waals surface area contributed by atoms with Crippen LogP contribution in [0.15, 0.2) is 24.3 Å². The Bertz CT molecular complexity index is 541. The van der Waals surface area contributed by atoms with Gasteiger partial charge in [-0.15, -0.1) is 0 Å². The lowest BCUT2D eigenvalue weighted by atomic mass is 9.90. The van der Waals surface area contributed by atoms with Crippen molar-refractivity contribution in [2.45, 2.75) is 50.8 Å². The fourth-order valence-corrected chi connectivity index (χ4v) is 4.26. The molecule has 0 radical (unpaired) electrons. The average molecular weight is 320 g/mol. The largest absolute Gasteiger partial charge is 0.487 e. The highest BCUT2D eigenvalue weighted by Gasteiger charge is 2.34. The molecule has 0 unspecified atom stereocenters. The molecule has 0 bridgehead atoms. The van der Waals surface area contributed by atoms with Crippen molar-refractivity contribution in [2.24, 2.45) is 0 Å². The van der Waals surface area contributed by atoms with E-state index in [-0.39, 0.29) is 17.7 Å². The minimum absolute atomic E-state index is 0.00193. The summed E-state index contributed by atoms with van der Waals surface area (Å²) >= 11 is 1.96. The van der Waals surface area contributed by atoms with Crippen LogP contribution in [0.3, 0.4) is 0 Å². The van der Waals surface area contributed by atoms with Crippen molar-refractivity contribution in [1.82, 2.24) is 10.6 Å². The first-order valence-electron chi connectivity index (χ1n) is 7.96. The maximum atomic E-state index is 12.3. The summed E-state index contributed by atoms with van der Waals surface area (Å²) in [5, 5.41) is 6.26. The molecule has 1 saturated heterocycles. The standard InChI is InChI=1S/C17H24N2O2S/c1-17(2)11-14(13-5-3-4-6-15(13)21-17)19-16(20)18-12-7-9-22-10-8-12/h3-6,12,14H,7-11H2,1-2H3,(H2,18,19,20)/t14-/m1/s1. The summed E-state index contributed by atoms with van der Waals surface area (Å²) in [4.78, 5) is 12.3. The van der Waals surface area contributed by atoms with Crippen molar-refractivity contribution in [1.29, 1.82) is 0 Å². The molecule has 120 valence electrons. The minimum Gasteiger partial charge on any atom is -0.487 e. The predicted molar refractivity (Wildman–Crippen MR) is 90.5 cm³/mol. The number of amides is 2. The number of fused-ring (bicyclic) bond motifs is 1. The SMILES string of the molecule is CC1(C)C[C@@H](NC(=O)NC2CCSCC2)c2ccccc2O1. The fourth-order valence-electron chi connectivity index (χ4n) is 3.16. The molecule has 0 aliphatic carbocycles. The van der Waals surface area contributed by atoms with Gasteiger partial charge >= 0.3 is 6.03 Å². The molecule has 5 heteroatoms. The van der Waals surface area contributed by atoms with Crippen LogP contribution in [-0.4, -0.2) is 29.2 Å². The molecule has 2 aliphatic heterocycles. The Morgan fingerprint density at radius 2 is 1.95 bits per heavy atom. The lowest BCUT2D eigenvalue weighted by Gasteiger charge is -2.38. The molecule has 0 saturated carbocycles. The molecular formula is C17H24N2O2S. The van der Waals surface area contributed by atoms with Crippen molar-refractivity contribution < 1.29 is 9.53 Å². The molecule has 1 aromatic rings. The maximum Gasteiger partial charge on any atom is 0.315 e. The molecular weight excluding hydrogens is 296 g/mol. The number of thioether (sulfide) groups is 1. The summed E-state index contributed by atoms with van der Waals surface area (Å²) in [6, 6.07) is 8.22. The Morgan fingerprint density at radius 1 is 1.23 bits per heavy atom. The van der Waals surface area contributed by atoms with Crippen LogP contribution in [0.5, 0.6) is 5.75 Å². The molecule has 2 aliphatic rings. The normalized spacial score (nSPS) is 24.0. The van der Waals surface area contributed by atoms with E-state index in [0.29, 0.717) is 6.04 Å². The smallest absolute Gasteiger partial charge is 0.315 e. The van der Waals surface area contributed by atoms with Gasteiger partial charge in [0.15, 0.2) is 0 Å². The summed E-state index contributed by atoms with van der Waals surface area (Å²) in [5.41, 5.74) is 0.796. The number of ether oxygens (including phenoxy) is 1. The van der Waals surface area contributed by atoms with Crippen LogP contribution >= 0.6 is 11.8 Å². The molecule has 0 spiro atoms. The molecule has 2 amide bonds. The second-order valence-corrected chi connectivity index (χ2v) is 7.89. The molecule has 2 heterocycles. The third kappa shape index (κ3) is 3.69. The summed E-state index contributed by atoms with van der Waals surface area (Å²) in [6.07, 6.45) is 2.90. The zero-order valence-electron chi connectivity index (χ0n) is 13.2. The summed E-state index contributed by atoms with van der Waals surface area (Å²) in [7, 11) is 0. The Hall–Kier alpha value is -1.36. The number of carbonyl (C=O) groups excluding carboxylic acids is 1. The monoisotopic (exact) mass is 320 g/mol. The van der Waals surface area contributed by atoms with E-state index in [9.17, 15) is 4.79 Å². The molecule has 3 rings (SSSR count). The summed E-state index contributed by atoms with van der Waals surface area (Å²) in [5.74, 6) is 3.15. The topological polar surface area (TPSA) is 50.4 Å². The number of carbonyl (C=O) groups is 1. The van der Waals surface area contributed by atoms with Crippen LogP contribution < -0.4 is 15.4 Å². The Kier molecular flexibility index (Phi) is 4.52. The molecule has 1 fully saturated rings. The predicted octanol–water partition coefficient (Wildman–Crippen LogP) is 3.48. The average Bonchev–Trinajstić information content (AvgIpc) is 2.47. The highest BCUT2D eigenvalue weighted by atomic mass is 32.2. The number of hydrogen-bond donors (Lipinski definition) is 2. The zero-order valence-corrected chi connectivity index (χ0v) is 14.0. The van der Waals surface area contributed by atoms with E-state index < -0.39 is 0 Å². The van der Waals surface area contributed by atoms with Gasteiger partial charge in [-0.05, 0) is 44.3 Å². The number of hydrogen-bond acceptors (Lipinski definition) is 3. The first-order valence-corrected chi connectivity index (χ1v) is 9.12. The second kappa shape index (κ2) is 6.41. The van der Waals surface area contributed by atoms with Gasteiger partial charge in [-0.3, -0.25) is 0 Å². The lowest BCUT2D eigenvalue weighted by Crippen LogP contribution is -2.47. The van der Waals surface area contributed by atoms with Crippen molar-refractivity contribution in [3.05, 3.63) is 29.8 Å². The highest BCUT2D eigenvalue weighted by molar-refractivity contribution is 7.99. The summed E-state index contributed by atoms with van der Waals surface area (Å²) in [6.45, 7) is 4.13. The van der Waals surface area contributed by atoms with Crippen LogP contribution in [0.25, 0.3) is 0 Å². The number of nitrogens with one attached hydrogen (secondary N) is 2. The maximum absolute atomic E-state index is 12.3. The first-order chi connectivity index (χ1) is 10.5. The minimum atomic E-state index is -0.270. The lowest BCUT2D eigenvalue weighted by molar-refractivity contribution is 0.0678. The Labute approximate surface area is 136 Å². The van der Waals surface area contributed by atoms with Crippen LogP contribution in [0.4, 0.5) is 4.79 Å². The third-order valence-corrected chi connectivity index (χ3v) is 5.29. The van der Waals surface area contributed by atoms with E-state index in [4.69, 9.17) is 4.74 Å². The Morgan fingerprint density at radius 3 is 2.73 bits per heavy atom. The molecule has 4 nitrogen and oxygen atoms in total. The van der Waals surface area contributed by atoms with Gasteiger partial charge in [0.05, 0.1) is 6.04 Å². The van der Waals surface area contributed by atoms with Gasteiger partial charge in [0.2, 0.25) is 0 Å². The fraction of sp³-hybridized carbons (Fsp3) is 0.588. The molecule has 1 atom stereocenters. The number of urea groups is 1. The van der Waals surface area contributed by atoms with Crippen LogP contribution in [0, 0.1) is 0 Å². The van der Waals surface area contributed by atoms with Crippen molar-refractivity contribution in [3.8, 4) is 5.75 Å². The number of benzene rings is 1. The third-order valence-electron chi connectivity index (χ3n) is 4.24. The van der Waals surface area contributed by atoms with Gasteiger partial charge in [0.25, 0.3) is 0 Å². The van der Waals surface area contributed by atoms with Gasteiger partial charge in [-0.2, -0.15) is 11.8 Å². The molecule has 1 aromatic carbocycles. The zero-order chi connectivity index (χ0) is 15.6. The molecule has 22 heavy (non-hydrogen) atoms. The summed E-state index contributed by atoms with van der Waals surface area (Å²) < 4.78 is 6.01. The van der Waals surface area contributed by atoms with Crippen molar-refractivity contribution >= 4 is 17.8 Å². The van der Waals surface area contributed by atoms with E-state index >= 15 is 0 Å². The van der Waals surface area contributed by atoms with E-state index in [1.54, 1.807) is 0 Å². The van der Waals surface area contributed by atoms with E-state index in [1.165, 1.54) is 0 Å². The van der Waals surface area contributed by atoms with Gasteiger partial charge in [-0.1, -0.05) is 18.2 Å². The van der Waals surface area contributed by atoms with Crippen molar-refractivity contribution in [3.63, 3.8) is 0 Å². The highest BCUT2D eigenvalue weighted by Crippen LogP contribution is 2.39. The van der Waals surface area contributed by atoms with Gasteiger partial charge in [-0.25, -0.2) is 4.79 Å². The first kappa shape index (κ1) is 15.5. The van der Waals surface area contributed by atoms with Gasteiger partial charge in [0, 0.05) is 18.0 Å². The van der Waals surface area contributed by atoms with Gasteiger partial charge < -0.3 is 15.4 Å². The van der Waals surface area contributed by atoms with Gasteiger partial charge in [0.1, 0.15) is 11.4 Å². The molecule has 2 N–H and O–H groups in total. The van der Waals surface area contributed by atoms with Crippen LogP contribution in [0.2, 0.25) is 0 Å². The van der Waals surface area contributed by atoms with E-state index in [1.807, 2.05) is 36.0 Å². The van der Waals surface area contributed by atoms with Crippen molar-refractivity contribution in [2.75, 3.05) is 11.5 Å².